The summed E-state index contributed by atoms with van der Waals surface area (Å²) in [6.07, 6.45) is 7.46. The van der Waals surface area contributed by atoms with Crippen molar-refractivity contribution in [3.8, 4) is 0 Å². The van der Waals surface area contributed by atoms with Crippen molar-refractivity contribution < 1.29 is 9.59 Å². The first-order valence-electron chi connectivity index (χ1n) is 8.46. The van der Waals surface area contributed by atoms with Gasteiger partial charge in [0.2, 0.25) is 0 Å². The Morgan fingerprint density at radius 3 is 2.09 bits per heavy atom. The predicted molar refractivity (Wildman–Crippen MR) is 86.8 cm³/mol. The molecule has 0 spiro atoms. The Bertz CT molecular complexity index is 550. The third-order valence-corrected chi connectivity index (χ3v) is 5.57. The van der Waals surface area contributed by atoms with Crippen molar-refractivity contribution in [1.82, 2.24) is 4.90 Å². The highest BCUT2D eigenvalue weighted by Crippen LogP contribution is 2.41. The third kappa shape index (κ3) is 2.69. The smallest absolute Gasteiger partial charge is 0.261 e. The lowest BCUT2D eigenvalue weighted by molar-refractivity contribution is 0.0604. The topological polar surface area (TPSA) is 37.4 Å². The Morgan fingerprint density at radius 1 is 1.00 bits per heavy atom. The van der Waals surface area contributed by atoms with Gasteiger partial charge in [-0.15, -0.1) is 0 Å². The maximum atomic E-state index is 12.4. The van der Waals surface area contributed by atoms with E-state index in [0.717, 1.165) is 12.3 Å². The van der Waals surface area contributed by atoms with E-state index in [0.29, 0.717) is 17.7 Å². The summed E-state index contributed by atoms with van der Waals surface area (Å²) in [7, 11) is 0. The van der Waals surface area contributed by atoms with Gasteiger partial charge in [0, 0.05) is 6.54 Å². The van der Waals surface area contributed by atoms with Crippen molar-refractivity contribution in [3.05, 3.63) is 35.4 Å². The summed E-state index contributed by atoms with van der Waals surface area (Å²) in [5.74, 6) is 0.469. The largest absolute Gasteiger partial charge is 0.274 e. The van der Waals surface area contributed by atoms with Gasteiger partial charge in [-0.3, -0.25) is 14.5 Å². The van der Waals surface area contributed by atoms with Crippen LogP contribution >= 0.6 is 0 Å². The SMILES string of the molecule is CC(C)(CCN1C(=O)c2ccccc2C1=O)C1CCCCC1. The first-order valence-corrected chi connectivity index (χ1v) is 8.46. The molecule has 0 radical (unpaired) electrons. The predicted octanol–water partition coefficient (Wildman–Crippen LogP) is 4.28. The summed E-state index contributed by atoms with van der Waals surface area (Å²) in [5.41, 5.74) is 1.31. The number of hydrogen-bond acceptors (Lipinski definition) is 2. The number of amides is 2. The van der Waals surface area contributed by atoms with E-state index in [1.165, 1.54) is 37.0 Å². The highest BCUT2D eigenvalue weighted by Gasteiger charge is 2.37. The van der Waals surface area contributed by atoms with Gasteiger partial charge in [-0.25, -0.2) is 0 Å². The first-order chi connectivity index (χ1) is 10.5. The molecule has 1 fully saturated rings. The minimum atomic E-state index is -0.125. The van der Waals surface area contributed by atoms with E-state index in [1.54, 1.807) is 12.1 Å². The van der Waals surface area contributed by atoms with E-state index in [2.05, 4.69) is 13.8 Å². The number of hydrogen-bond donors (Lipinski definition) is 0. The molecule has 118 valence electrons. The average Bonchev–Trinajstić information content (AvgIpc) is 2.78. The molecule has 0 bridgehead atoms. The molecule has 0 aromatic heterocycles. The highest BCUT2D eigenvalue weighted by atomic mass is 16.2. The van der Waals surface area contributed by atoms with Gasteiger partial charge in [0.15, 0.2) is 0 Å². The van der Waals surface area contributed by atoms with Gasteiger partial charge in [0.05, 0.1) is 11.1 Å². The van der Waals surface area contributed by atoms with Crippen LogP contribution in [0.25, 0.3) is 0 Å². The molecule has 1 aromatic carbocycles. The number of carbonyl (C=O) groups excluding carboxylic acids is 2. The van der Waals surface area contributed by atoms with Crippen molar-refractivity contribution in [2.75, 3.05) is 6.54 Å². The number of fused-ring (bicyclic) bond motifs is 1. The average molecular weight is 299 g/mol. The van der Waals surface area contributed by atoms with Gasteiger partial charge in [0.1, 0.15) is 0 Å². The molecular weight excluding hydrogens is 274 g/mol. The Labute approximate surface area is 132 Å². The van der Waals surface area contributed by atoms with E-state index in [-0.39, 0.29) is 17.2 Å². The number of rotatable bonds is 4. The molecule has 3 rings (SSSR count). The molecule has 1 aliphatic heterocycles. The quantitative estimate of drug-likeness (QED) is 0.778. The summed E-state index contributed by atoms with van der Waals surface area (Å²) in [6, 6.07) is 7.14. The van der Waals surface area contributed by atoms with E-state index >= 15 is 0 Å². The number of carbonyl (C=O) groups is 2. The molecule has 0 unspecified atom stereocenters. The van der Waals surface area contributed by atoms with Gasteiger partial charge >= 0.3 is 0 Å². The van der Waals surface area contributed by atoms with Crippen molar-refractivity contribution in [3.63, 3.8) is 0 Å². The second kappa shape index (κ2) is 5.86. The van der Waals surface area contributed by atoms with Gasteiger partial charge in [-0.05, 0) is 42.7 Å². The summed E-state index contributed by atoms with van der Waals surface area (Å²) in [5, 5.41) is 0. The summed E-state index contributed by atoms with van der Waals surface area (Å²) in [4.78, 5) is 26.3. The van der Waals surface area contributed by atoms with Crippen LogP contribution in [0.5, 0.6) is 0 Å². The van der Waals surface area contributed by atoms with Crippen LogP contribution in [0.2, 0.25) is 0 Å². The molecule has 0 saturated heterocycles. The monoisotopic (exact) mass is 299 g/mol. The lowest BCUT2D eigenvalue weighted by Gasteiger charge is -2.38. The van der Waals surface area contributed by atoms with Crippen molar-refractivity contribution in [2.45, 2.75) is 52.4 Å². The molecule has 1 saturated carbocycles. The van der Waals surface area contributed by atoms with Crippen molar-refractivity contribution in [2.24, 2.45) is 11.3 Å². The molecule has 0 N–H and O–H groups in total. The van der Waals surface area contributed by atoms with Crippen LogP contribution in [0.15, 0.2) is 24.3 Å². The maximum absolute atomic E-state index is 12.4. The van der Waals surface area contributed by atoms with Gasteiger partial charge in [-0.2, -0.15) is 0 Å². The molecule has 1 aliphatic carbocycles. The van der Waals surface area contributed by atoms with Crippen LogP contribution in [-0.4, -0.2) is 23.3 Å². The van der Waals surface area contributed by atoms with Crippen LogP contribution in [-0.2, 0) is 0 Å². The maximum Gasteiger partial charge on any atom is 0.261 e. The Hall–Kier alpha value is -1.64. The van der Waals surface area contributed by atoms with Gasteiger partial charge in [-0.1, -0.05) is 45.2 Å². The highest BCUT2D eigenvalue weighted by molar-refractivity contribution is 6.21. The summed E-state index contributed by atoms with van der Waals surface area (Å²) < 4.78 is 0. The lowest BCUT2D eigenvalue weighted by atomic mass is 9.69. The normalized spacial score (nSPS) is 19.6. The minimum absolute atomic E-state index is 0.125. The van der Waals surface area contributed by atoms with Crippen LogP contribution in [0.4, 0.5) is 0 Å². The molecular formula is C19H25NO2. The van der Waals surface area contributed by atoms with Gasteiger partial charge in [0.25, 0.3) is 11.8 Å². The minimum Gasteiger partial charge on any atom is -0.274 e. The first kappa shape index (κ1) is 15.3. The van der Waals surface area contributed by atoms with E-state index in [9.17, 15) is 9.59 Å². The molecule has 2 amide bonds. The summed E-state index contributed by atoms with van der Waals surface area (Å²) in [6.45, 7) is 5.12. The second-order valence-electron chi connectivity index (χ2n) is 7.38. The third-order valence-electron chi connectivity index (χ3n) is 5.57. The van der Waals surface area contributed by atoms with Crippen LogP contribution < -0.4 is 0 Å². The molecule has 2 aliphatic rings. The lowest BCUT2D eigenvalue weighted by Crippen LogP contribution is -2.36. The Balaban J connectivity index is 1.67. The molecule has 1 heterocycles. The summed E-state index contributed by atoms with van der Waals surface area (Å²) >= 11 is 0. The number of nitrogens with zero attached hydrogens (tertiary/aromatic N) is 1. The van der Waals surface area contributed by atoms with E-state index < -0.39 is 0 Å². The molecule has 3 nitrogen and oxygen atoms in total. The van der Waals surface area contributed by atoms with Crippen molar-refractivity contribution >= 4 is 11.8 Å². The zero-order valence-electron chi connectivity index (χ0n) is 13.6. The van der Waals surface area contributed by atoms with E-state index in [4.69, 9.17) is 0 Å². The van der Waals surface area contributed by atoms with Crippen LogP contribution in [0.1, 0.15) is 73.1 Å². The number of benzene rings is 1. The fourth-order valence-corrected chi connectivity index (χ4v) is 3.93. The molecule has 0 atom stereocenters. The zero-order valence-corrected chi connectivity index (χ0v) is 13.6. The molecule has 22 heavy (non-hydrogen) atoms. The van der Waals surface area contributed by atoms with E-state index in [1.807, 2.05) is 12.1 Å². The molecule has 1 aromatic rings. The molecule has 3 heteroatoms. The second-order valence-corrected chi connectivity index (χ2v) is 7.38. The van der Waals surface area contributed by atoms with Crippen molar-refractivity contribution in [1.29, 1.82) is 0 Å². The standard InChI is InChI=1S/C19H25NO2/c1-19(2,14-8-4-3-5-9-14)12-13-20-17(21)15-10-6-7-11-16(15)18(20)22/h6-7,10-11,14H,3-5,8-9,12-13H2,1-2H3. The van der Waals surface area contributed by atoms with Crippen LogP contribution in [0, 0.1) is 11.3 Å². The Morgan fingerprint density at radius 2 is 1.55 bits per heavy atom. The number of imide groups is 1. The fraction of sp³-hybridized carbons (Fsp3) is 0.579. The van der Waals surface area contributed by atoms with Crippen LogP contribution in [0.3, 0.4) is 0 Å². The Kier molecular flexibility index (Phi) is 4.07. The zero-order chi connectivity index (χ0) is 15.7. The fourth-order valence-electron chi connectivity index (χ4n) is 3.93. The van der Waals surface area contributed by atoms with Gasteiger partial charge < -0.3 is 0 Å².